The molecule has 0 fully saturated rings. The van der Waals surface area contributed by atoms with E-state index >= 15 is 0 Å². The van der Waals surface area contributed by atoms with Gasteiger partial charge in [0.25, 0.3) is 0 Å². The van der Waals surface area contributed by atoms with E-state index in [9.17, 15) is 4.79 Å². The summed E-state index contributed by atoms with van der Waals surface area (Å²) in [5, 5.41) is 9.72. The summed E-state index contributed by atoms with van der Waals surface area (Å²) in [4.78, 5) is 11.0. The highest BCUT2D eigenvalue weighted by Crippen LogP contribution is 2.27. The van der Waals surface area contributed by atoms with Crippen molar-refractivity contribution in [1.82, 2.24) is 0 Å². The lowest BCUT2D eigenvalue weighted by Crippen LogP contribution is -2.19. The van der Waals surface area contributed by atoms with Crippen LogP contribution in [0.15, 0.2) is 42.5 Å². The van der Waals surface area contributed by atoms with Crippen molar-refractivity contribution in [3.05, 3.63) is 47.5 Å². The Morgan fingerprint density at radius 2 is 1.52 bits per heavy atom. The third-order valence-electron chi connectivity index (χ3n) is 2.87. The number of benzene rings is 2. The number of carbonyl (C=O) groups excluding carboxylic acids is 1. The third-order valence-corrected chi connectivity index (χ3v) is 3.37. The minimum Gasteiger partial charge on any atom is -0.495 e. The number of hydrogen-bond donors (Lipinski definition) is 3. The van der Waals surface area contributed by atoms with Gasteiger partial charge < -0.3 is 20.7 Å². The van der Waals surface area contributed by atoms with E-state index < -0.39 is 0 Å². The molecule has 0 aliphatic heterocycles. The Hall–Kier alpha value is -2.31. The summed E-state index contributed by atoms with van der Waals surface area (Å²) in [5.41, 5.74) is 2.28. The maximum absolute atomic E-state index is 11.0. The average molecular weight is 350 g/mol. The second kappa shape index (κ2) is 7.80. The summed E-state index contributed by atoms with van der Waals surface area (Å²) in [6, 6.07) is 12.5. The van der Waals surface area contributed by atoms with Gasteiger partial charge in [0.15, 0.2) is 5.11 Å². The van der Waals surface area contributed by atoms with E-state index in [0.717, 1.165) is 17.1 Å². The number of halogens is 1. The van der Waals surface area contributed by atoms with Crippen molar-refractivity contribution in [2.45, 2.75) is 6.92 Å². The SMILES string of the molecule is COc1ccc(NC(=S)Nc2ccc(NC(C)=O)cc2)cc1Cl. The average Bonchev–Trinajstić information content (AvgIpc) is 2.49. The zero-order chi connectivity index (χ0) is 16.8. The summed E-state index contributed by atoms with van der Waals surface area (Å²) in [6.45, 7) is 1.46. The Balaban J connectivity index is 1.96. The molecule has 0 spiro atoms. The molecule has 0 heterocycles. The zero-order valence-corrected chi connectivity index (χ0v) is 14.2. The van der Waals surface area contributed by atoms with Gasteiger partial charge in [-0.05, 0) is 54.7 Å². The lowest BCUT2D eigenvalue weighted by Gasteiger charge is -2.12. The van der Waals surface area contributed by atoms with Crippen molar-refractivity contribution in [3.63, 3.8) is 0 Å². The first-order chi connectivity index (χ1) is 11.0. The van der Waals surface area contributed by atoms with Crippen molar-refractivity contribution in [2.75, 3.05) is 23.1 Å². The van der Waals surface area contributed by atoms with Gasteiger partial charge in [0, 0.05) is 24.0 Å². The molecule has 0 radical (unpaired) electrons. The molecule has 0 aliphatic rings. The fourth-order valence-electron chi connectivity index (χ4n) is 1.88. The van der Waals surface area contributed by atoms with Gasteiger partial charge in [-0.3, -0.25) is 4.79 Å². The first-order valence-corrected chi connectivity index (χ1v) is 7.56. The molecule has 7 heteroatoms. The van der Waals surface area contributed by atoms with Crippen molar-refractivity contribution >= 4 is 51.9 Å². The second-order valence-electron chi connectivity index (χ2n) is 4.69. The Labute approximate surface area is 145 Å². The highest BCUT2D eigenvalue weighted by atomic mass is 35.5. The Kier molecular flexibility index (Phi) is 5.78. The van der Waals surface area contributed by atoms with Crippen molar-refractivity contribution in [3.8, 4) is 5.75 Å². The molecular weight excluding hydrogens is 334 g/mol. The Morgan fingerprint density at radius 3 is 2.04 bits per heavy atom. The summed E-state index contributed by atoms with van der Waals surface area (Å²) >= 11 is 11.3. The number of ether oxygens (including phenoxy) is 1. The number of thiocarbonyl (C=S) groups is 1. The number of amides is 1. The molecule has 2 rings (SSSR count). The highest BCUT2D eigenvalue weighted by Gasteiger charge is 2.04. The van der Waals surface area contributed by atoms with Gasteiger partial charge in [0.05, 0.1) is 12.1 Å². The molecule has 3 N–H and O–H groups in total. The Bertz CT molecular complexity index is 720. The monoisotopic (exact) mass is 349 g/mol. The quantitative estimate of drug-likeness (QED) is 0.725. The summed E-state index contributed by atoms with van der Waals surface area (Å²) < 4.78 is 5.10. The number of anilines is 3. The van der Waals surface area contributed by atoms with Crippen LogP contribution < -0.4 is 20.7 Å². The molecule has 23 heavy (non-hydrogen) atoms. The fourth-order valence-corrected chi connectivity index (χ4v) is 2.37. The summed E-state index contributed by atoms with van der Waals surface area (Å²) in [6.07, 6.45) is 0. The van der Waals surface area contributed by atoms with Gasteiger partial charge in [0.1, 0.15) is 5.75 Å². The van der Waals surface area contributed by atoms with Crippen LogP contribution in [0, 0.1) is 0 Å². The molecule has 5 nitrogen and oxygen atoms in total. The lowest BCUT2D eigenvalue weighted by atomic mass is 10.3. The van der Waals surface area contributed by atoms with E-state index in [4.69, 9.17) is 28.6 Å². The summed E-state index contributed by atoms with van der Waals surface area (Å²) in [5.74, 6) is 0.490. The Morgan fingerprint density at radius 1 is 1.00 bits per heavy atom. The number of methoxy groups -OCH3 is 1. The van der Waals surface area contributed by atoms with Gasteiger partial charge in [0.2, 0.25) is 5.91 Å². The lowest BCUT2D eigenvalue weighted by molar-refractivity contribution is -0.114. The second-order valence-corrected chi connectivity index (χ2v) is 5.50. The largest absolute Gasteiger partial charge is 0.495 e. The van der Waals surface area contributed by atoms with Crippen LogP contribution in [0.3, 0.4) is 0 Å². The topological polar surface area (TPSA) is 62.4 Å². The zero-order valence-electron chi connectivity index (χ0n) is 12.6. The standard InChI is InChI=1S/C16H16ClN3O2S/c1-10(21)18-11-3-5-12(6-4-11)19-16(23)20-13-7-8-15(22-2)14(17)9-13/h3-9H,1-2H3,(H,18,21)(H2,19,20,23). The van der Waals surface area contributed by atoms with E-state index in [1.54, 1.807) is 31.4 Å². The van der Waals surface area contributed by atoms with Crippen LogP contribution in [0.4, 0.5) is 17.1 Å². The number of carbonyl (C=O) groups is 1. The van der Waals surface area contributed by atoms with E-state index in [1.165, 1.54) is 6.92 Å². The van der Waals surface area contributed by atoms with Gasteiger partial charge in [-0.25, -0.2) is 0 Å². The minimum absolute atomic E-state index is 0.112. The molecule has 0 aliphatic carbocycles. The fraction of sp³-hybridized carbons (Fsp3) is 0.125. The summed E-state index contributed by atoms with van der Waals surface area (Å²) in [7, 11) is 1.56. The maximum atomic E-state index is 11.0. The smallest absolute Gasteiger partial charge is 0.221 e. The highest BCUT2D eigenvalue weighted by molar-refractivity contribution is 7.80. The van der Waals surface area contributed by atoms with E-state index in [2.05, 4.69) is 16.0 Å². The van der Waals surface area contributed by atoms with Crippen LogP contribution in [0.25, 0.3) is 0 Å². The van der Waals surface area contributed by atoms with Gasteiger partial charge >= 0.3 is 0 Å². The van der Waals surface area contributed by atoms with Gasteiger partial charge in [-0.1, -0.05) is 11.6 Å². The van der Waals surface area contributed by atoms with E-state index in [1.807, 2.05) is 18.2 Å². The molecule has 0 saturated heterocycles. The van der Waals surface area contributed by atoms with Crippen LogP contribution in [0.5, 0.6) is 5.75 Å². The van der Waals surface area contributed by atoms with E-state index in [0.29, 0.717) is 15.9 Å². The number of rotatable bonds is 4. The molecular formula is C16H16ClN3O2S. The van der Waals surface area contributed by atoms with Gasteiger partial charge in [-0.2, -0.15) is 0 Å². The molecule has 120 valence electrons. The molecule has 0 bridgehead atoms. The minimum atomic E-state index is -0.112. The first-order valence-electron chi connectivity index (χ1n) is 6.77. The van der Waals surface area contributed by atoms with Crippen LogP contribution in [0.2, 0.25) is 5.02 Å². The number of nitrogens with one attached hydrogen (secondary N) is 3. The maximum Gasteiger partial charge on any atom is 0.221 e. The predicted octanol–water partition coefficient (Wildman–Crippen LogP) is 4.12. The molecule has 0 atom stereocenters. The third kappa shape index (κ3) is 5.12. The van der Waals surface area contributed by atoms with E-state index in [-0.39, 0.29) is 5.91 Å². The van der Waals surface area contributed by atoms with Gasteiger partial charge in [-0.15, -0.1) is 0 Å². The van der Waals surface area contributed by atoms with Crippen LogP contribution in [0.1, 0.15) is 6.92 Å². The van der Waals surface area contributed by atoms with Crippen molar-refractivity contribution < 1.29 is 9.53 Å². The molecule has 2 aromatic carbocycles. The van der Waals surface area contributed by atoms with Crippen LogP contribution >= 0.6 is 23.8 Å². The molecule has 0 aromatic heterocycles. The van der Waals surface area contributed by atoms with Crippen molar-refractivity contribution in [2.24, 2.45) is 0 Å². The van der Waals surface area contributed by atoms with Crippen LogP contribution in [-0.4, -0.2) is 18.1 Å². The molecule has 1 amide bonds. The first kappa shape index (κ1) is 17.1. The molecule has 0 saturated carbocycles. The normalized spacial score (nSPS) is 9.87. The van der Waals surface area contributed by atoms with Crippen molar-refractivity contribution in [1.29, 1.82) is 0 Å². The predicted molar refractivity (Wildman–Crippen MR) is 98.6 cm³/mol. The molecule has 0 unspecified atom stereocenters. The van der Waals surface area contributed by atoms with Crippen LogP contribution in [-0.2, 0) is 4.79 Å². The number of hydrogen-bond acceptors (Lipinski definition) is 3. The molecule has 2 aromatic rings.